The second-order valence-electron chi connectivity index (χ2n) is 16.3. The minimum atomic E-state index is -0.606. The van der Waals surface area contributed by atoms with Crippen LogP contribution >= 0.6 is 0 Å². The summed E-state index contributed by atoms with van der Waals surface area (Å²) in [4.78, 5) is 36.4. The Balaban J connectivity index is 1.02. The Labute approximate surface area is 338 Å². The maximum Gasteiger partial charge on any atom is 0.357 e. The molecule has 0 unspecified atom stereocenters. The molecule has 1 N–H and O–H groups in total. The molecule has 2 atom stereocenters. The van der Waals surface area contributed by atoms with Crippen LogP contribution in [0.5, 0.6) is 11.5 Å². The molecule has 2 saturated heterocycles. The number of hydrogen-bond acceptors (Lipinski definition) is 11. The molecule has 3 aliphatic rings. The number of aromatic nitrogens is 5. The molecule has 8 rings (SSSR count). The summed E-state index contributed by atoms with van der Waals surface area (Å²) in [6.45, 7) is 14.8. The average Bonchev–Trinajstić information content (AvgIpc) is 3.88. The fourth-order valence-corrected chi connectivity index (χ4v) is 7.94. The minimum absolute atomic E-state index is 0.248. The van der Waals surface area contributed by atoms with E-state index >= 15 is 0 Å². The first-order valence-electron chi connectivity index (χ1n) is 20.4. The van der Waals surface area contributed by atoms with Crippen LogP contribution in [0.25, 0.3) is 11.3 Å². The van der Waals surface area contributed by atoms with Crippen molar-refractivity contribution in [2.75, 3.05) is 62.5 Å². The van der Waals surface area contributed by atoms with Crippen molar-refractivity contribution in [3.63, 3.8) is 0 Å². The fourth-order valence-electron chi connectivity index (χ4n) is 7.94. The van der Waals surface area contributed by atoms with Gasteiger partial charge in [-0.2, -0.15) is 5.10 Å². The van der Waals surface area contributed by atoms with E-state index in [0.29, 0.717) is 42.3 Å². The highest BCUT2D eigenvalue weighted by Crippen LogP contribution is 2.40. The van der Waals surface area contributed by atoms with Crippen molar-refractivity contribution in [1.29, 1.82) is 0 Å². The molecule has 15 nitrogen and oxygen atoms in total. The third-order valence-corrected chi connectivity index (χ3v) is 11.2. The van der Waals surface area contributed by atoms with Gasteiger partial charge in [-0.25, -0.2) is 9.48 Å². The van der Waals surface area contributed by atoms with Crippen molar-refractivity contribution in [2.45, 2.75) is 77.4 Å². The lowest BCUT2D eigenvalue weighted by Crippen LogP contribution is -2.43. The van der Waals surface area contributed by atoms with Gasteiger partial charge >= 0.3 is 12.5 Å². The van der Waals surface area contributed by atoms with E-state index in [4.69, 9.17) is 24.1 Å². The molecule has 0 spiro atoms. The molecule has 2 amide bonds. The molecule has 1 aliphatic carbocycles. The number of benzene rings is 2. The number of rotatable bonds is 12. The molecule has 2 fully saturated rings. The quantitative estimate of drug-likeness (QED) is 0.110. The van der Waals surface area contributed by atoms with Crippen molar-refractivity contribution in [1.82, 2.24) is 34.6 Å². The lowest BCUT2D eigenvalue weighted by Gasteiger charge is -2.33. The van der Waals surface area contributed by atoms with Crippen LogP contribution in [-0.4, -0.2) is 94.3 Å². The summed E-state index contributed by atoms with van der Waals surface area (Å²) in [5, 5.41) is 18.0. The Morgan fingerprint density at radius 2 is 1.76 bits per heavy atom. The number of morpholine rings is 1. The largest absolute Gasteiger partial charge is 0.492 e. The number of aryl methyl sites for hydroxylation is 1. The number of fused-ring (bicyclic) bond motifs is 2. The van der Waals surface area contributed by atoms with Crippen LogP contribution in [0.4, 0.5) is 16.6 Å². The molecule has 5 heterocycles. The predicted molar refractivity (Wildman–Crippen MR) is 219 cm³/mol. The lowest BCUT2D eigenvalue weighted by molar-refractivity contribution is -0.129. The van der Waals surface area contributed by atoms with Gasteiger partial charge in [0, 0.05) is 50.3 Å². The van der Waals surface area contributed by atoms with Crippen molar-refractivity contribution in [3.05, 3.63) is 89.2 Å². The predicted octanol–water partition coefficient (Wildman–Crippen LogP) is 6.48. The molecule has 5 aromatic rings. The Morgan fingerprint density at radius 3 is 2.53 bits per heavy atom. The minimum Gasteiger partial charge on any atom is -0.492 e. The zero-order valence-electron chi connectivity index (χ0n) is 33.8. The van der Waals surface area contributed by atoms with E-state index in [0.717, 1.165) is 92.1 Å². The van der Waals surface area contributed by atoms with Gasteiger partial charge in [0.1, 0.15) is 24.2 Å². The highest BCUT2D eigenvalue weighted by molar-refractivity contribution is 5.90. The number of nitrogens with zero attached hydrogens (tertiary/aromatic N) is 8. The molecular weight excluding hydrogens is 739 g/mol. The molecule has 0 bridgehead atoms. The molecule has 2 aromatic carbocycles. The summed E-state index contributed by atoms with van der Waals surface area (Å²) in [6, 6.07) is 18.4. The van der Waals surface area contributed by atoms with Crippen molar-refractivity contribution in [2.24, 2.45) is 0 Å². The van der Waals surface area contributed by atoms with Crippen LogP contribution in [0.2, 0.25) is 0 Å². The van der Waals surface area contributed by atoms with Gasteiger partial charge in [-0.1, -0.05) is 51.1 Å². The molecule has 3 aromatic heterocycles. The second-order valence-corrected chi connectivity index (χ2v) is 16.3. The van der Waals surface area contributed by atoms with Gasteiger partial charge in [-0.15, -0.1) is 15.3 Å². The number of hydrogen-bond donors (Lipinski definition) is 1. The van der Waals surface area contributed by atoms with E-state index in [1.165, 1.54) is 6.42 Å². The van der Waals surface area contributed by atoms with E-state index in [9.17, 15) is 9.59 Å². The first kappa shape index (κ1) is 39.2. The fraction of sp³-hybridized carbons (Fsp3) is 0.465. The Bertz CT molecular complexity index is 2220. The summed E-state index contributed by atoms with van der Waals surface area (Å²) in [7, 11) is 0. The summed E-state index contributed by atoms with van der Waals surface area (Å²) >= 11 is 0. The van der Waals surface area contributed by atoms with E-state index in [-0.39, 0.29) is 29.9 Å². The van der Waals surface area contributed by atoms with Crippen LogP contribution in [0, 0.1) is 6.92 Å². The maximum absolute atomic E-state index is 14.3. The number of carbonyl (C=O) groups excluding carboxylic acids is 2. The molecular formula is C43H53N9O6. The third-order valence-electron chi connectivity index (χ3n) is 11.2. The number of piperidine rings is 1. The number of pyridine rings is 1. The summed E-state index contributed by atoms with van der Waals surface area (Å²) in [5.41, 5.74) is 4.63. The van der Waals surface area contributed by atoms with Crippen molar-refractivity contribution >= 4 is 29.9 Å². The van der Waals surface area contributed by atoms with Crippen molar-refractivity contribution < 1.29 is 28.6 Å². The number of nitrogens with one attached hydrogen (secondary N) is 1. The van der Waals surface area contributed by atoms with E-state index in [2.05, 4.69) is 25.3 Å². The maximum atomic E-state index is 14.3. The summed E-state index contributed by atoms with van der Waals surface area (Å²) in [5.74, 6) is 2.52. The first-order chi connectivity index (χ1) is 28.2. The molecule has 306 valence electrons. The number of hydroxylamine groups is 1. The number of urea groups is 1. The zero-order chi connectivity index (χ0) is 40.2. The topological polar surface area (TPSA) is 141 Å². The van der Waals surface area contributed by atoms with Gasteiger partial charge in [0.2, 0.25) is 5.95 Å². The third kappa shape index (κ3) is 8.46. The number of carbonyl (C=O) groups is 2. The highest BCUT2D eigenvalue weighted by Gasteiger charge is 2.34. The van der Waals surface area contributed by atoms with Crippen LogP contribution in [0.15, 0.2) is 66.9 Å². The van der Waals surface area contributed by atoms with Gasteiger partial charge in [0.15, 0.2) is 11.5 Å². The molecule has 58 heavy (non-hydrogen) atoms. The van der Waals surface area contributed by atoms with E-state index in [1.807, 2.05) is 92.9 Å². The monoisotopic (exact) mass is 791 g/mol. The highest BCUT2D eigenvalue weighted by atomic mass is 16.7. The number of amides is 2. The SMILES string of the molecule is Cc1ccc(-n2nc(C(C)(C)C)cc2N(OC=O)C(=O)N[C@H]2CC[C@@H](Oc3ccc4nnc(N5CCCCC5)n4c3)c3ccccc32)cc1OCCN1CCOCC1. The van der Waals surface area contributed by atoms with Crippen LogP contribution in [0.3, 0.4) is 0 Å². The Kier molecular flexibility index (Phi) is 11.5. The molecule has 0 radical (unpaired) electrons. The van der Waals surface area contributed by atoms with E-state index in [1.54, 1.807) is 10.7 Å². The van der Waals surface area contributed by atoms with Gasteiger partial charge in [-0.3, -0.25) is 14.1 Å². The first-order valence-corrected chi connectivity index (χ1v) is 20.4. The Hall–Kier alpha value is -5.67. The van der Waals surface area contributed by atoms with Crippen molar-refractivity contribution in [3.8, 4) is 17.2 Å². The molecule has 2 aliphatic heterocycles. The summed E-state index contributed by atoms with van der Waals surface area (Å²) < 4.78 is 22.1. The standard InChI is InChI=1S/C43H53N9O6/c1-30-12-13-31(26-37(30)56-25-22-48-20-23-55-24-21-48)51-40(27-38(47-51)43(2,3)4)52(57-29-53)42(54)44-35-15-16-36(34-11-7-6-10-33(34)35)58-32-14-17-39-45-46-41(50(39)28-32)49-18-8-5-9-19-49/h6-7,10-14,17,26-29,35-36H,5,8-9,15-16,18-25H2,1-4H3,(H,44,54)/t35-,36+/m0/s1. The Morgan fingerprint density at radius 1 is 0.966 bits per heavy atom. The van der Waals surface area contributed by atoms with E-state index < -0.39 is 6.03 Å². The zero-order valence-corrected chi connectivity index (χ0v) is 33.8. The molecule has 0 saturated carbocycles. The van der Waals surface area contributed by atoms with Gasteiger partial charge in [0.05, 0.1) is 36.8 Å². The average molecular weight is 792 g/mol. The van der Waals surface area contributed by atoms with Gasteiger partial charge in [0.25, 0.3) is 0 Å². The number of anilines is 2. The van der Waals surface area contributed by atoms with Crippen LogP contribution in [-0.2, 0) is 19.8 Å². The summed E-state index contributed by atoms with van der Waals surface area (Å²) in [6.07, 6.45) is 6.46. The normalized spacial score (nSPS) is 18.7. The van der Waals surface area contributed by atoms with Gasteiger partial charge < -0.3 is 29.3 Å². The van der Waals surface area contributed by atoms with Crippen LogP contribution in [0.1, 0.15) is 87.4 Å². The lowest BCUT2D eigenvalue weighted by atomic mass is 9.85. The smallest absolute Gasteiger partial charge is 0.357 e. The van der Waals surface area contributed by atoms with Crippen LogP contribution < -0.4 is 24.8 Å². The second kappa shape index (κ2) is 17.0. The molecule has 15 heteroatoms. The number of ether oxygens (including phenoxy) is 3. The van der Waals surface area contributed by atoms with Gasteiger partial charge in [-0.05, 0) is 73.9 Å².